The van der Waals surface area contributed by atoms with Crippen LogP contribution < -0.4 is 19.0 Å². The molecule has 3 aromatic rings. The van der Waals surface area contributed by atoms with Gasteiger partial charge in [0, 0.05) is 12.6 Å². The van der Waals surface area contributed by atoms with Gasteiger partial charge in [0.15, 0.2) is 11.5 Å². The molecule has 0 bridgehead atoms. The molecule has 3 rings (SSSR count). The number of ether oxygens (including phenoxy) is 3. The minimum absolute atomic E-state index is 0.635. The van der Waals surface area contributed by atoms with Gasteiger partial charge in [-0.1, -0.05) is 17.4 Å². The summed E-state index contributed by atoms with van der Waals surface area (Å²) in [6.07, 6.45) is 1.66. The number of para-hydroxylation sites is 1. The molecular weight excluding hydrogens is 350 g/mol. The summed E-state index contributed by atoms with van der Waals surface area (Å²) in [5.74, 6) is 2.15. The van der Waals surface area contributed by atoms with Crippen molar-refractivity contribution in [3.05, 3.63) is 46.8 Å². The number of methoxy groups -OCH3 is 2. The largest absolute Gasteiger partial charge is 0.494 e. The molecule has 0 saturated heterocycles. The van der Waals surface area contributed by atoms with Crippen LogP contribution >= 0.6 is 11.3 Å². The van der Waals surface area contributed by atoms with E-state index in [0.29, 0.717) is 18.1 Å². The van der Waals surface area contributed by atoms with Gasteiger partial charge in [-0.25, -0.2) is 0 Å². The summed E-state index contributed by atoms with van der Waals surface area (Å²) in [6.45, 7) is 2.62. The van der Waals surface area contributed by atoms with Crippen molar-refractivity contribution in [2.75, 3.05) is 20.8 Å². The second-order valence-corrected chi connectivity index (χ2v) is 6.44. The molecule has 1 heterocycles. The van der Waals surface area contributed by atoms with Gasteiger partial charge >= 0.3 is 0 Å². The van der Waals surface area contributed by atoms with E-state index in [1.807, 2.05) is 54.9 Å². The molecule has 0 aliphatic rings. The number of nitrogens with zero attached hydrogens (tertiary/aromatic N) is 3. The Balaban J connectivity index is 1.96. The number of aromatic nitrogens is 1. The van der Waals surface area contributed by atoms with Crippen molar-refractivity contribution in [1.82, 2.24) is 4.57 Å². The maximum atomic E-state index is 5.56. The van der Waals surface area contributed by atoms with Crippen molar-refractivity contribution in [2.45, 2.75) is 6.92 Å². The highest BCUT2D eigenvalue weighted by molar-refractivity contribution is 7.16. The second kappa shape index (κ2) is 8.05. The molecule has 1 aromatic heterocycles. The molecule has 0 spiro atoms. The predicted octanol–water partition coefficient (Wildman–Crippen LogP) is 3.59. The lowest BCUT2D eigenvalue weighted by Crippen LogP contribution is -2.09. The zero-order valence-electron chi connectivity index (χ0n) is 15.2. The van der Waals surface area contributed by atoms with Crippen LogP contribution in [0.2, 0.25) is 0 Å². The Morgan fingerprint density at radius 2 is 2.00 bits per heavy atom. The predicted molar refractivity (Wildman–Crippen MR) is 105 cm³/mol. The van der Waals surface area contributed by atoms with Gasteiger partial charge in [-0.15, -0.1) is 5.10 Å². The van der Waals surface area contributed by atoms with Crippen LogP contribution in [0.5, 0.6) is 17.2 Å². The Labute approximate surface area is 156 Å². The van der Waals surface area contributed by atoms with Crippen LogP contribution in [0.25, 0.3) is 10.2 Å². The van der Waals surface area contributed by atoms with Gasteiger partial charge in [0.1, 0.15) is 5.75 Å². The average molecular weight is 371 g/mol. The van der Waals surface area contributed by atoms with E-state index < -0.39 is 0 Å². The fourth-order valence-corrected chi connectivity index (χ4v) is 3.63. The lowest BCUT2D eigenvalue weighted by Gasteiger charge is -2.08. The quantitative estimate of drug-likeness (QED) is 0.491. The first-order valence-electron chi connectivity index (χ1n) is 8.18. The average Bonchev–Trinajstić information content (AvgIpc) is 2.97. The number of aryl methyl sites for hydroxylation is 1. The molecule has 0 radical (unpaired) electrons. The van der Waals surface area contributed by atoms with Crippen LogP contribution in [0.15, 0.2) is 46.6 Å². The fraction of sp³-hybridized carbons (Fsp3) is 0.263. The summed E-state index contributed by atoms with van der Waals surface area (Å²) in [5, 5.41) is 8.59. The lowest BCUT2D eigenvalue weighted by atomic mass is 10.2. The molecule has 2 aromatic carbocycles. The highest BCUT2D eigenvalue weighted by atomic mass is 32.1. The zero-order chi connectivity index (χ0) is 18.5. The highest BCUT2D eigenvalue weighted by Crippen LogP contribution is 2.29. The van der Waals surface area contributed by atoms with Gasteiger partial charge in [0.25, 0.3) is 0 Å². The molecule has 0 aliphatic heterocycles. The monoisotopic (exact) mass is 371 g/mol. The third kappa shape index (κ3) is 3.57. The molecule has 0 N–H and O–H groups in total. The smallest absolute Gasteiger partial charge is 0.211 e. The Morgan fingerprint density at radius 3 is 2.73 bits per heavy atom. The van der Waals surface area contributed by atoms with Crippen LogP contribution in [-0.2, 0) is 7.05 Å². The Morgan fingerprint density at radius 1 is 1.15 bits per heavy atom. The van der Waals surface area contributed by atoms with Crippen LogP contribution in [0.1, 0.15) is 12.5 Å². The van der Waals surface area contributed by atoms with E-state index in [0.717, 1.165) is 26.3 Å². The summed E-state index contributed by atoms with van der Waals surface area (Å²) >= 11 is 1.56. The van der Waals surface area contributed by atoms with Gasteiger partial charge in [0.2, 0.25) is 4.80 Å². The second-order valence-electron chi connectivity index (χ2n) is 5.43. The van der Waals surface area contributed by atoms with Crippen LogP contribution in [0.3, 0.4) is 0 Å². The minimum atomic E-state index is 0.635. The van der Waals surface area contributed by atoms with Crippen molar-refractivity contribution in [3.63, 3.8) is 0 Å². The molecule has 0 atom stereocenters. The summed E-state index contributed by atoms with van der Waals surface area (Å²) < 4.78 is 19.4. The van der Waals surface area contributed by atoms with Gasteiger partial charge < -0.3 is 18.8 Å². The number of rotatable bonds is 6. The molecule has 0 amide bonds. The highest BCUT2D eigenvalue weighted by Gasteiger charge is 2.07. The Kier molecular flexibility index (Phi) is 5.58. The minimum Gasteiger partial charge on any atom is -0.494 e. The zero-order valence-corrected chi connectivity index (χ0v) is 16.0. The molecule has 136 valence electrons. The maximum absolute atomic E-state index is 5.56. The molecule has 0 unspecified atom stereocenters. The molecule has 6 nitrogen and oxygen atoms in total. The third-order valence-electron chi connectivity index (χ3n) is 3.87. The van der Waals surface area contributed by atoms with Crippen LogP contribution in [0, 0.1) is 0 Å². The number of hydrogen-bond acceptors (Lipinski definition) is 6. The molecule has 0 saturated carbocycles. The van der Waals surface area contributed by atoms with Crippen molar-refractivity contribution >= 4 is 27.8 Å². The summed E-state index contributed by atoms with van der Waals surface area (Å²) in [4.78, 5) is 0.798. The molecular formula is C19H21N3O3S. The molecule has 26 heavy (non-hydrogen) atoms. The SMILES string of the molecule is CCOc1ccc2c(c1)s/c(=N/N=C/c1cccc(OC)c1OC)n2C. The fourth-order valence-electron chi connectivity index (χ4n) is 2.62. The van der Waals surface area contributed by atoms with E-state index in [4.69, 9.17) is 14.2 Å². The Hall–Kier alpha value is -2.80. The summed E-state index contributed by atoms with van der Waals surface area (Å²) in [5.41, 5.74) is 1.89. The first-order valence-corrected chi connectivity index (χ1v) is 9.00. The van der Waals surface area contributed by atoms with E-state index in [1.165, 1.54) is 0 Å². The van der Waals surface area contributed by atoms with Crippen molar-refractivity contribution in [2.24, 2.45) is 17.3 Å². The van der Waals surface area contributed by atoms with E-state index in [-0.39, 0.29) is 0 Å². The normalized spacial score (nSPS) is 12.1. The molecule has 7 heteroatoms. The van der Waals surface area contributed by atoms with Crippen molar-refractivity contribution in [1.29, 1.82) is 0 Å². The topological polar surface area (TPSA) is 57.3 Å². The Bertz CT molecular complexity index is 1000. The standard InChI is InChI=1S/C19H21N3O3S/c1-5-25-14-9-10-15-17(11-14)26-19(22(15)2)21-20-12-13-7-6-8-16(23-3)18(13)24-4/h6-12H,5H2,1-4H3/b20-12+,21-19+. The first-order chi connectivity index (χ1) is 12.7. The van der Waals surface area contributed by atoms with Gasteiger partial charge in [0.05, 0.1) is 37.3 Å². The maximum Gasteiger partial charge on any atom is 0.211 e. The van der Waals surface area contributed by atoms with E-state index >= 15 is 0 Å². The van der Waals surface area contributed by atoms with Gasteiger partial charge in [-0.3, -0.25) is 0 Å². The molecule has 0 aliphatic carbocycles. The summed E-state index contributed by atoms with van der Waals surface area (Å²) in [6, 6.07) is 11.7. The van der Waals surface area contributed by atoms with Gasteiger partial charge in [-0.05, 0) is 37.3 Å². The number of fused-ring (bicyclic) bond motifs is 1. The summed E-state index contributed by atoms with van der Waals surface area (Å²) in [7, 11) is 5.19. The van der Waals surface area contributed by atoms with E-state index in [1.54, 1.807) is 31.8 Å². The van der Waals surface area contributed by atoms with Crippen LogP contribution in [-0.4, -0.2) is 31.6 Å². The van der Waals surface area contributed by atoms with Crippen LogP contribution in [0.4, 0.5) is 0 Å². The number of thiazole rings is 1. The lowest BCUT2D eigenvalue weighted by molar-refractivity contribution is 0.341. The molecule has 0 fully saturated rings. The van der Waals surface area contributed by atoms with Gasteiger partial charge in [-0.2, -0.15) is 5.10 Å². The third-order valence-corrected chi connectivity index (χ3v) is 4.95. The van der Waals surface area contributed by atoms with E-state index in [2.05, 4.69) is 10.2 Å². The van der Waals surface area contributed by atoms with E-state index in [9.17, 15) is 0 Å². The number of benzene rings is 2. The first kappa shape index (κ1) is 18.0. The van der Waals surface area contributed by atoms with Crippen molar-refractivity contribution in [3.8, 4) is 17.2 Å². The van der Waals surface area contributed by atoms with Crippen molar-refractivity contribution < 1.29 is 14.2 Å². The number of hydrogen-bond donors (Lipinski definition) is 0.